The second kappa shape index (κ2) is 5.77. The summed E-state index contributed by atoms with van der Waals surface area (Å²) in [6, 6.07) is 12.4. The Morgan fingerprint density at radius 3 is 2.85 bits per heavy atom. The van der Waals surface area contributed by atoms with E-state index in [-0.39, 0.29) is 6.04 Å². The summed E-state index contributed by atoms with van der Waals surface area (Å²) in [5, 5.41) is 4.44. The van der Waals surface area contributed by atoms with Gasteiger partial charge in [-0.3, -0.25) is 4.98 Å². The van der Waals surface area contributed by atoms with Gasteiger partial charge in [0.15, 0.2) is 0 Å². The van der Waals surface area contributed by atoms with E-state index < -0.39 is 0 Å². The average molecular weight is 331 g/mol. The van der Waals surface area contributed by atoms with Gasteiger partial charge < -0.3 is 9.73 Å². The van der Waals surface area contributed by atoms with Crippen LogP contribution in [-0.2, 0) is 6.42 Å². The average Bonchev–Trinajstić information content (AvgIpc) is 2.88. The summed E-state index contributed by atoms with van der Waals surface area (Å²) in [5.74, 6) is 0.952. The van der Waals surface area contributed by atoms with Gasteiger partial charge in [-0.2, -0.15) is 0 Å². The summed E-state index contributed by atoms with van der Waals surface area (Å²) in [6.45, 7) is 0. The topological polar surface area (TPSA) is 38.1 Å². The number of benzene rings is 1. The Morgan fingerprint density at radius 2 is 2.10 bits per heavy atom. The number of para-hydroxylation sites is 1. The molecule has 0 aliphatic heterocycles. The molecule has 0 spiro atoms. The Hall–Kier alpha value is -1.65. The van der Waals surface area contributed by atoms with Crippen molar-refractivity contribution in [2.75, 3.05) is 7.05 Å². The maximum absolute atomic E-state index is 5.93. The van der Waals surface area contributed by atoms with Crippen molar-refractivity contribution in [1.29, 1.82) is 0 Å². The zero-order valence-electron chi connectivity index (χ0n) is 11.1. The first kappa shape index (κ1) is 13.3. The van der Waals surface area contributed by atoms with Crippen LogP contribution in [-0.4, -0.2) is 12.0 Å². The van der Waals surface area contributed by atoms with Crippen LogP contribution < -0.4 is 5.32 Å². The molecule has 0 aliphatic rings. The first-order valence-corrected chi connectivity index (χ1v) is 7.31. The van der Waals surface area contributed by atoms with E-state index in [0.717, 1.165) is 27.6 Å². The quantitative estimate of drug-likeness (QED) is 0.782. The number of nitrogens with one attached hydrogen (secondary N) is 1. The highest BCUT2D eigenvalue weighted by Crippen LogP contribution is 2.26. The number of rotatable bonds is 4. The van der Waals surface area contributed by atoms with Gasteiger partial charge in [-0.15, -0.1) is 0 Å². The van der Waals surface area contributed by atoms with E-state index in [1.54, 1.807) is 6.20 Å². The molecule has 0 fully saturated rings. The first-order chi connectivity index (χ1) is 9.76. The highest BCUT2D eigenvalue weighted by atomic mass is 79.9. The highest BCUT2D eigenvalue weighted by Gasteiger charge is 2.15. The molecular weight excluding hydrogens is 316 g/mol. The number of likely N-dealkylation sites (N-methyl/N-ethyl adjacent to an activating group) is 1. The van der Waals surface area contributed by atoms with Gasteiger partial charge in [0.25, 0.3) is 0 Å². The zero-order chi connectivity index (χ0) is 13.9. The maximum atomic E-state index is 5.93. The van der Waals surface area contributed by atoms with Gasteiger partial charge in [-0.1, -0.05) is 18.2 Å². The Bertz CT molecular complexity index is 690. The highest BCUT2D eigenvalue weighted by molar-refractivity contribution is 9.10. The number of pyridine rings is 1. The van der Waals surface area contributed by atoms with Crippen molar-refractivity contribution in [3.05, 3.63) is 64.6 Å². The molecule has 0 radical (unpaired) electrons. The second-order valence-electron chi connectivity index (χ2n) is 4.74. The monoisotopic (exact) mass is 330 g/mol. The number of hydrogen-bond donors (Lipinski definition) is 1. The maximum Gasteiger partial charge on any atom is 0.134 e. The first-order valence-electron chi connectivity index (χ1n) is 6.51. The lowest BCUT2D eigenvalue weighted by molar-refractivity contribution is 0.450. The lowest BCUT2D eigenvalue weighted by Gasteiger charge is -2.13. The minimum atomic E-state index is 0.137. The summed E-state index contributed by atoms with van der Waals surface area (Å²) in [7, 11) is 1.95. The molecule has 2 aromatic heterocycles. The van der Waals surface area contributed by atoms with E-state index in [4.69, 9.17) is 4.42 Å². The third-order valence-corrected chi connectivity index (χ3v) is 3.77. The van der Waals surface area contributed by atoms with Gasteiger partial charge in [0, 0.05) is 22.3 Å². The lowest BCUT2D eigenvalue weighted by Crippen LogP contribution is -2.18. The zero-order valence-corrected chi connectivity index (χ0v) is 12.7. The molecule has 1 unspecified atom stereocenters. The van der Waals surface area contributed by atoms with E-state index in [1.807, 2.05) is 31.4 Å². The normalized spacial score (nSPS) is 12.7. The van der Waals surface area contributed by atoms with E-state index in [0.29, 0.717) is 0 Å². The molecule has 1 aromatic carbocycles. The molecule has 20 heavy (non-hydrogen) atoms. The lowest BCUT2D eigenvalue weighted by atomic mass is 10.1. The number of aromatic nitrogens is 1. The minimum Gasteiger partial charge on any atom is -0.459 e. The van der Waals surface area contributed by atoms with E-state index in [1.165, 1.54) is 5.56 Å². The van der Waals surface area contributed by atoms with Gasteiger partial charge in [-0.05, 0) is 53.2 Å². The number of fused-ring (bicyclic) bond motifs is 1. The summed E-state index contributed by atoms with van der Waals surface area (Å²) >= 11 is 3.45. The van der Waals surface area contributed by atoms with Crippen molar-refractivity contribution in [2.24, 2.45) is 0 Å². The molecular formula is C16H15BrN2O. The third-order valence-electron chi connectivity index (χ3n) is 3.34. The molecule has 4 heteroatoms. The molecule has 1 N–H and O–H groups in total. The molecule has 102 valence electrons. The van der Waals surface area contributed by atoms with Crippen LogP contribution in [0.4, 0.5) is 0 Å². The standard InChI is InChI=1S/C16H15BrN2O/c1-18-14(7-11-6-13(17)10-19-9-11)16-8-12-4-2-3-5-15(12)20-16/h2-6,8-10,14,18H,7H2,1H3. The number of hydrogen-bond acceptors (Lipinski definition) is 3. The van der Waals surface area contributed by atoms with Crippen LogP contribution in [0.25, 0.3) is 11.0 Å². The Morgan fingerprint density at radius 1 is 1.25 bits per heavy atom. The van der Waals surface area contributed by atoms with Gasteiger partial charge in [-0.25, -0.2) is 0 Å². The smallest absolute Gasteiger partial charge is 0.134 e. The molecule has 3 rings (SSSR count). The molecule has 0 amide bonds. The molecule has 1 atom stereocenters. The van der Waals surface area contributed by atoms with Crippen molar-refractivity contribution in [3.63, 3.8) is 0 Å². The molecule has 0 saturated carbocycles. The van der Waals surface area contributed by atoms with E-state index in [2.05, 4.69) is 44.4 Å². The summed E-state index contributed by atoms with van der Waals surface area (Å²) in [4.78, 5) is 4.20. The molecule has 0 bridgehead atoms. The summed E-state index contributed by atoms with van der Waals surface area (Å²) in [5.41, 5.74) is 2.09. The molecule has 0 aliphatic carbocycles. The number of furan rings is 1. The van der Waals surface area contributed by atoms with Crippen LogP contribution in [0, 0.1) is 0 Å². The fourth-order valence-corrected chi connectivity index (χ4v) is 2.73. The van der Waals surface area contributed by atoms with Crippen LogP contribution in [0.1, 0.15) is 17.4 Å². The van der Waals surface area contributed by atoms with Gasteiger partial charge in [0.05, 0.1) is 6.04 Å². The Labute approximate surface area is 126 Å². The van der Waals surface area contributed by atoms with Crippen LogP contribution in [0.3, 0.4) is 0 Å². The SMILES string of the molecule is CNC(Cc1cncc(Br)c1)c1cc2ccccc2o1. The van der Waals surface area contributed by atoms with E-state index in [9.17, 15) is 0 Å². The molecule has 2 heterocycles. The Balaban J connectivity index is 1.89. The molecule has 0 saturated heterocycles. The fraction of sp³-hybridized carbons (Fsp3) is 0.188. The summed E-state index contributed by atoms with van der Waals surface area (Å²) in [6.07, 6.45) is 4.51. The minimum absolute atomic E-state index is 0.137. The number of nitrogens with zero attached hydrogens (tertiary/aromatic N) is 1. The van der Waals surface area contributed by atoms with Crippen LogP contribution >= 0.6 is 15.9 Å². The van der Waals surface area contributed by atoms with Crippen LogP contribution in [0.15, 0.2) is 57.7 Å². The molecule has 3 nitrogen and oxygen atoms in total. The fourth-order valence-electron chi connectivity index (χ4n) is 2.32. The van der Waals surface area contributed by atoms with Crippen LogP contribution in [0.5, 0.6) is 0 Å². The van der Waals surface area contributed by atoms with Crippen molar-refractivity contribution >= 4 is 26.9 Å². The van der Waals surface area contributed by atoms with Crippen molar-refractivity contribution in [3.8, 4) is 0 Å². The number of halogens is 1. The van der Waals surface area contributed by atoms with Crippen molar-refractivity contribution < 1.29 is 4.42 Å². The van der Waals surface area contributed by atoms with Gasteiger partial charge in [0.1, 0.15) is 11.3 Å². The predicted octanol–water partition coefficient (Wildman–Crippen LogP) is 4.09. The van der Waals surface area contributed by atoms with Gasteiger partial charge >= 0.3 is 0 Å². The Kier molecular flexibility index (Phi) is 3.85. The van der Waals surface area contributed by atoms with E-state index >= 15 is 0 Å². The largest absolute Gasteiger partial charge is 0.459 e. The van der Waals surface area contributed by atoms with Crippen LogP contribution in [0.2, 0.25) is 0 Å². The van der Waals surface area contributed by atoms with Crippen molar-refractivity contribution in [1.82, 2.24) is 10.3 Å². The predicted molar refractivity (Wildman–Crippen MR) is 83.7 cm³/mol. The second-order valence-corrected chi connectivity index (χ2v) is 5.66. The third kappa shape index (κ3) is 2.76. The van der Waals surface area contributed by atoms with Crippen molar-refractivity contribution in [2.45, 2.75) is 12.5 Å². The molecule has 3 aromatic rings. The van der Waals surface area contributed by atoms with Gasteiger partial charge in [0.2, 0.25) is 0 Å². The summed E-state index contributed by atoms with van der Waals surface area (Å²) < 4.78 is 6.92.